The molecule has 0 saturated heterocycles. The van der Waals surface area contributed by atoms with Crippen LogP contribution in [0, 0.1) is 35.5 Å². The van der Waals surface area contributed by atoms with Crippen LogP contribution in [0.5, 0.6) is 0 Å². The molecule has 0 heterocycles. The molecule has 0 fully saturated rings. The summed E-state index contributed by atoms with van der Waals surface area (Å²) in [5, 5.41) is 0. The van der Waals surface area contributed by atoms with Gasteiger partial charge in [0.25, 0.3) is 0 Å². The third kappa shape index (κ3) is 13.4. The normalized spacial score (nSPS) is 9.50. The second-order valence-corrected chi connectivity index (χ2v) is 3.49. The zero-order valence-electron chi connectivity index (χ0n) is 11.9. The average Bonchev–Trinajstić information content (AvgIpc) is 2.44. The molecule has 102 valence electrons. The van der Waals surface area contributed by atoms with Crippen molar-refractivity contribution in [3.63, 3.8) is 0 Å². The predicted octanol–water partition coefficient (Wildman–Crippen LogP) is 3.03. The lowest BCUT2D eigenvalue weighted by atomic mass is 10.3. The molecular formula is C18H18O2. The van der Waals surface area contributed by atoms with E-state index in [9.17, 15) is 4.79 Å². The average molecular weight is 266 g/mol. The lowest BCUT2D eigenvalue weighted by molar-refractivity contribution is -0.137. The van der Waals surface area contributed by atoms with Crippen molar-refractivity contribution < 1.29 is 9.53 Å². The van der Waals surface area contributed by atoms with Crippen molar-refractivity contribution in [3.8, 4) is 35.5 Å². The van der Waals surface area contributed by atoms with Crippen molar-refractivity contribution >= 4 is 5.97 Å². The molecule has 0 aromatic carbocycles. The summed E-state index contributed by atoms with van der Waals surface area (Å²) in [5.74, 6) is 15.6. The zero-order valence-corrected chi connectivity index (χ0v) is 11.9. The Labute approximate surface area is 121 Å². The minimum atomic E-state index is -0.291. The van der Waals surface area contributed by atoms with Gasteiger partial charge in [-0.25, -0.2) is 4.79 Å². The molecule has 2 nitrogen and oxygen atoms in total. The van der Waals surface area contributed by atoms with Crippen molar-refractivity contribution in [1.29, 1.82) is 0 Å². The van der Waals surface area contributed by atoms with Gasteiger partial charge in [0, 0.05) is 6.08 Å². The fraction of sp³-hybridized carbons (Fsp3) is 0.278. The molecule has 0 aliphatic carbocycles. The van der Waals surface area contributed by atoms with Crippen LogP contribution < -0.4 is 0 Å². The van der Waals surface area contributed by atoms with E-state index in [0.717, 1.165) is 12.8 Å². The van der Waals surface area contributed by atoms with Gasteiger partial charge >= 0.3 is 5.97 Å². The first-order chi connectivity index (χ1) is 9.81. The van der Waals surface area contributed by atoms with E-state index in [1.807, 2.05) is 18.2 Å². The summed E-state index contributed by atoms with van der Waals surface area (Å²) in [5.41, 5.74) is 0. The summed E-state index contributed by atoms with van der Waals surface area (Å²) < 4.78 is 4.95. The van der Waals surface area contributed by atoms with Crippen molar-refractivity contribution in [2.24, 2.45) is 0 Å². The van der Waals surface area contributed by atoms with Crippen LogP contribution >= 0.6 is 0 Å². The highest BCUT2D eigenvalue weighted by Gasteiger charge is 1.93. The third-order valence-electron chi connectivity index (χ3n) is 1.87. The largest absolute Gasteiger partial charge is 0.463 e. The number of unbranched alkanes of at least 4 members (excludes halogenated alkanes) is 1. The second kappa shape index (κ2) is 14.4. The van der Waals surface area contributed by atoms with E-state index in [1.54, 1.807) is 26.0 Å². The molecule has 0 aromatic rings. The van der Waals surface area contributed by atoms with Crippen LogP contribution in [0.2, 0.25) is 0 Å². The van der Waals surface area contributed by atoms with Gasteiger partial charge in [0.05, 0.1) is 6.61 Å². The van der Waals surface area contributed by atoms with Gasteiger partial charge in [0.2, 0.25) is 0 Å². The Morgan fingerprint density at radius 3 is 2.70 bits per heavy atom. The van der Waals surface area contributed by atoms with Gasteiger partial charge in [-0.05, 0) is 56.4 Å². The summed E-state index contributed by atoms with van der Waals surface area (Å²) in [7, 11) is 0. The molecule has 0 unspecified atom stereocenters. The van der Waals surface area contributed by atoms with E-state index in [0.29, 0.717) is 6.61 Å². The monoisotopic (exact) mass is 266 g/mol. The van der Waals surface area contributed by atoms with Crippen LogP contribution in [0.1, 0.15) is 26.7 Å². The number of allylic oxidation sites excluding steroid dienone is 5. The van der Waals surface area contributed by atoms with Crippen molar-refractivity contribution in [3.05, 3.63) is 36.5 Å². The minimum Gasteiger partial charge on any atom is -0.463 e. The van der Waals surface area contributed by atoms with Crippen LogP contribution in [0.4, 0.5) is 0 Å². The smallest absolute Gasteiger partial charge is 0.330 e. The maximum Gasteiger partial charge on any atom is 0.330 e. The molecule has 0 rings (SSSR count). The number of rotatable bonds is 6. The van der Waals surface area contributed by atoms with Gasteiger partial charge in [-0.15, -0.1) is 0 Å². The first-order valence-electron chi connectivity index (χ1n) is 6.34. The Morgan fingerprint density at radius 1 is 1.15 bits per heavy atom. The van der Waals surface area contributed by atoms with Crippen LogP contribution in [0.15, 0.2) is 36.5 Å². The first kappa shape index (κ1) is 17.4. The maximum atomic E-state index is 11.0. The predicted molar refractivity (Wildman–Crippen MR) is 82.3 cm³/mol. The maximum absolute atomic E-state index is 11.0. The number of esters is 1. The van der Waals surface area contributed by atoms with Gasteiger partial charge in [0.1, 0.15) is 0 Å². The summed E-state index contributed by atoms with van der Waals surface area (Å²) >= 11 is 0. The molecule has 0 aliphatic heterocycles. The Bertz CT molecular complexity index is 543. The van der Waals surface area contributed by atoms with Gasteiger partial charge < -0.3 is 4.74 Å². The molecule has 0 atom stereocenters. The summed E-state index contributed by atoms with van der Waals surface area (Å²) in [6, 6.07) is 0. The van der Waals surface area contributed by atoms with Crippen LogP contribution in [0.3, 0.4) is 0 Å². The number of hydrogen-bond donors (Lipinski definition) is 0. The Balaban J connectivity index is 3.69. The van der Waals surface area contributed by atoms with E-state index in [1.165, 1.54) is 6.08 Å². The lowest BCUT2D eigenvalue weighted by Crippen LogP contribution is -2.01. The van der Waals surface area contributed by atoms with Gasteiger partial charge in [0.15, 0.2) is 0 Å². The number of carbonyl (C=O) groups excluding carboxylic acids is 1. The third-order valence-corrected chi connectivity index (χ3v) is 1.87. The number of hydrogen-bond acceptors (Lipinski definition) is 2. The Morgan fingerprint density at radius 2 is 1.95 bits per heavy atom. The minimum absolute atomic E-state index is 0.291. The molecule has 0 N–H and O–H groups in total. The fourth-order valence-corrected chi connectivity index (χ4v) is 1.04. The van der Waals surface area contributed by atoms with E-state index >= 15 is 0 Å². The molecule has 0 aliphatic rings. The van der Waals surface area contributed by atoms with Crippen molar-refractivity contribution in [2.75, 3.05) is 6.61 Å². The highest BCUT2D eigenvalue weighted by Crippen LogP contribution is 1.93. The molecule has 0 radical (unpaired) electrons. The summed E-state index contributed by atoms with van der Waals surface area (Å²) in [4.78, 5) is 11.0. The fourth-order valence-electron chi connectivity index (χ4n) is 1.04. The molecule has 0 bridgehead atoms. The molecule has 2 heteroatoms. The number of ether oxygens (including phenoxy) is 1. The molecule has 0 amide bonds. The highest BCUT2D eigenvalue weighted by atomic mass is 16.5. The van der Waals surface area contributed by atoms with Crippen molar-refractivity contribution in [1.82, 2.24) is 0 Å². The molecule has 0 aromatic heterocycles. The standard InChI is InChI=1S/C18H18O2/c1-3-5-6-7-8-9-10-11-12-13-14-15-17-20-18(19)16-4-2/h4,10-13,16H,14-15,17H2,1-2H3. The molecule has 0 spiro atoms. The van der Waals surface area contributed by atoms with E-state index in [2.05, 4.69) is 35.5 Å². The Kier molecular flexibility index (Phi) is 12.5. The summed E-state index contributed by atoms with van der Waals surface area (Å²) in [6.45, 7) is 3.95. The quantitative estimate of drug-likeness (QED) is 0.243. The van der Waals surface area contributed by atoms with Crippen molar-refractivity contribution in [2.45, 2.75) is 26.7 Å². The van der Waals surface area contributed by atoms with Crippen LogP contribution in [0.25, 0.3) is 0 Å². The Hall–Kier alpha value is -2.63. The summed E-state index contributed by atoms with van der Waals surface area (Å²) in [6.07, 6.45) is 12.2. The van der Waals surface area contributed by atoms with E-state index in [4.69, 9.17) is 4.74 Å². The number of carbonyl (C=O) groups is 1. The second-order valence-electron chi connectivity index (χ2n) is 3.49. The SMILES string of the molecule is CC#CC#CC#CC=CC=CCCCOC(=O)C=CC. The van der Waals surface area contributed by atoms with Gasteiger partial charge in [-0.1, -0.05) is 36.1 Å². The van der Waals surface area contributed by atoms with E-state index in [-0.39, 0.29) is 5.97 Å². The molecule has 20 heavy (non-hydrogen) atoms. The molecular weight excluding hydrogens is 248 g/mol. The highest BCUT2D eigenvalue weighted by molar-refractivity contribution is 5.81. The van der Waals surface area contributed by atoms with Crippen LogP contribution in [-0.2, 0) is 9.53 Å². The topological polar surface area (TPSA) is 26.3 Å². The first-order valence-corrected chi connectivity index (χ1v) is 6.34. The zero-order chi connectivity index (χ0) is 14.9. The van der Waals surface area contributed by atoms with Gasteiger partial charge in [-0.2, -0.15) is 0 Å². The van der Waals surface area contributed by atoms with E-state index < -0.39 is 0 Å². The lowest BCUT2D eigenvalue weighted by Gasteiger charge is -1.98. The molecule has 0 saturated carbocycles. The van der Waals surface area contributed by atoms with Crippen LogP contribution in [-0.4, -0.2) is 12.6 Å². The van der Waals surface area contributed by atoms with Gasteiger partial charge in [-0.3, -0.25) is 0 Å².